The average molecular weight is 258 g/mol. The Kier molecular flexibility index (Phi) is 3.42. The number of hydrogen-bond donors (Lipinski definition) is 2. The third-order valence-corrected chi connectivity index (χ3v) is 2.95. The van der Waals surface area contributed by atoms with Crippen molar-refractivity contribution in [2.45, 2.75) is 6.92 Å². The maximum Gasteiger partial charge on any atom is 0.196 e. The van der Waals surface area contributed by atoms with Crippen molar-refractivity contribution in [1.82, 2.24) is 0 Å². The van der Waals surface area contributed by atoms with E-state index in [-0.39, 0.29) is 28.6 Å². The van der Waals surface area contributed by atoms with Crippen LogP contribution < -0.4 is 4.74 Å². The van der Waals surface area contributed by atoms with Gasteiger partial charge in [0.2, 0.25) is 0 Å². The molecule has 0 saturated heterocycles. The molecule has 4 nitrogen and oxygen atoms in total. The van der Waals surface area contributed by atoms with Gasteiger partial charge < -0.3 is 14.9 Å². The van der Waals surface area contributed by atoms with Gasteiger partial charge in [0.15, 0.2) is 17.3 Å². The molecule has 0 aliphatic heterocycles. The number of benzene rings is 2. The number of phenols is 2. The molecule has 0 aliphatic carbocycles. The standard InChI is InChI=1S/C15H14O4/c1-9-13(17)11(8-12(16)15(9)19-2)14(18)10-6-4-3-5-7-10/h3-8,16-17H,1-2H3. The van der Waals surface area contributed by atoms with Gasteiger partial charge in [-0.15, -0.1) is 0 Å². The number of carbonyl (C=O) groups excluding carboxylic acids is 1. The molecule has 0 radical (unpaired) electrons. The van der Waals surface area contributed by atoms with Crippen LogP contribution in [0.15, 0.2) is 36.4 Å². The molecule has 2 rings (SSSR count). The van der Waals surface area contributed by atoms with Gasteiger partial charge in [-0.1, -0.05) is 30.3 Å². The average Bonchev–Trinajstić information content (AvgIpc) is 2.43. The Morgan fingerprint density at radius 1 is 1.16 bits per heavy atom. The monoisotopic (exact) mass is 258 g/mol. The second kappa shape index (κ2) is 5.02. The summed E-state index contributed by atoms with van der Waals surface area (Å²) < 4.78 is 4.98. The van der Waals surface area contributed by atoms with Crippen molar-refractivity contribution in [1.29, 1.82) is 0 Å². The fourth-order valence-corrected chi connectivity index (χ4v) is 1.95. The fourth-order valence-electron chi connectivity index (χ4n) is 1.95. The molecule has 0 spiro atoms. The van der Waals surface area contributed by atoms with Crippen LogP contribution in [0.2, 0.25) is 0 Å². The van der Waals surface area contributed by atoms with Crippen LogP contribution >= 0.6 is 0 Å². The van der Waals surface area contributed by atoms with Crippen LogP contribution in [0, 0.1) is 6.92 Å². The lowest BCUT2D eigenvalue weighted by Crippen LogP contribution is -2.03. The SMILES string of the molecule is COc1c(O)cc(C(=O)c2ccccc2)c(O)c1C. The normalized spacial score (nSPS) is 10.2. The molecule has 4 heteroatoms. The molecule has 0 saturated carbocycles. The van der Waals surface area contributed by atoms with Crippen LogP contribution in [-0.4, -0.2) is 23.1 Å². The van der Waals surface area contributed by atoms with Crippen LogP contribution in [0.3, 0.4) is 0 Å². The van der Waals surface area contributed by atoms with Crippen molar-refractivity contribution in [2.75, 3.05) is 7.11 Å². The van der Waals surface area contributed by atoms with Crippen molar-refractivity contribution < 1.29 is 19.7 Å². The maximum absolute atomic E-state index is 12.3. The summed E-state index contributed by atoms with van der Waals surface area (Å²) in [5, 5.41) is 19.9. The highest BCUT2D eigenvalue weighted by molar-refractivity contribution is 6.11. The molecule has 0 aromatic heterocycles. The third kappa shape index (κ3) is 2.25. The van der Waals surface area contributed by atoms with E-state index < -0.39 is 0 Å². The summed E-state index contributed by atoms with van der Waals surface area (Å²) in [7, 11) is 1.39. The van der Waals surface area contributed by atoms with Gasteiger partial charge in [-0.05, 0) is 13.0 Å². The number of ketones is 1. The van der Waals surface area contributed by atoms with Crippen molar-refractivity contribution in [3.8, 4) is 17.2 Å². The van der Waals surface area contributed by atoms with Crippen LogP contribution in [0.4, 0.5) is 0 Å². The molecule has 19 heavy (non-hydrogen) atoms. The Morgan fingerprint density at radius 3 is 2.37 bits per heavy atom. The summed E-state index contributed by atoms with van der Waals surface area (Å²) in [4.78, 5) is 12.3. The van der Waals surface area contributed by atoms with Crippen LogP contribution in [0.5, 0.6) is 17.2 Å². The Hall–Kier alpha value is -2.49. The number of aromatic hydroxyl groups is 2. The molecular weight excluding hydrogens is 244 g/mol. The Labute approximate surface area is 110 Å². The quantitative estimate of drug-likeness (QED) is 0.656. The van der Waals surface area contributed by atoms with E-state index in [1.54, 1.807) is 37.3 Å². The first kappa shape index (κ1) is 13.0. The minimum absolute atomic E-state index is 0.0574. The first-order chi connectivity index (χ1) is 9.06. The van der Waals surface area contributed by atoms with Gasteiger partial charge in [-0.2, -0.15) is 0 Å². The van der Waals surface area contributed by atoms with Crippen LogP contribution in [-0.2, 0) is 0 Å². The highest BCUT2D eigenvalue weighted by atomic mass is 16.5. The number of phenolic OH excluding ortho intramolecular Hbond substituents is 2. The maximum atomic E-state index is 12.3. The summed E-state index contributed by atoms with van der Waals surface area (Å²) in [5.41, 5.74) is 0.838. The van der Waals surface area contributed by atoms with E-state index in [9.17, 15) is 15.0 Å². The van der Waals surface area contributed by atoms with E-state index in [1.165, 1.54) is 13.2 Å². The predicted octanol–water partition coefficient (Wildman–Crippen LogP) is 2.65. The van der Waals surface area contributed by atoms with Gasteiger partial charge in [0, 0.05) is 11.1 Å². The van der Waals surface area contributed by atoms with E-state index in [0.29, 0.717) is 11.1 Å². The van der Waals surface area contributed by atoms with E-state index in [4.69, 9.17) is 4.74 Å². The van der Waals surface area contributed by atoms with Crippen molar-refractivity contribution in [3.05, 3.63) is 53.1 Å². The smallest absolute Gasteiger partial charge is 0.196 e. The van der Waals surface area contributed by atoms with Gasteiger partial charge in [-0.25, -0.2) is 0 Å². The number of hydrogen-bond acceptors (Lipinski definition) is 4. The minimum atomic E-state index is -0.348. The van der Waals surface area contributed by atoms with Gasteiger partial charge in [0.05, 0.1) is 12.7 Å². The summed E-state index contributed by atoms with van der Waals surface area (Å²) in [6.45, 7) is 1.58. The number of rotatable bonds is 3. The molecule has 0 unspecified atom stereocenters. The molecule has 98 valence electrons. The zero-order valence-corrected chi connectivity index (χ0v) is 10.7. The van der Waals surface area contributed by atoms with E-state index in [2.05, 4.69) is 0 Å². The molecule has 0 aliphatic rings. The Morgan fingerprint density at radius 2 is 1.79 bits per heavy atom. The molecule has 0 atom stereocenters. The summed E-state index contributed by atoms with van der Waals surface area (Å²) in [6, 6.07) is 9.79. The second-order valence-corrected chi connectivity index (χ2v) is 4.15. The van der Waals surface area contributed by atoms with Gasteiger partial charge in [0.25, 0.3) is 0 Å². The lowest BCUT2D eigenvalue weighted by Gasteiger charge is -2.12. The molecule has 2 aromatic carbocycles. The predicted molar refractivity (Wildman–Crippen MR) is 70.9 cm³/mol. The minimum Gasteiger partial charge on any atom is -0.507 e. The zero-order chi connectivity index (χ0) is 14.0. The lowest BCUT2D eigenvalue weighted by molar-refractivity contribution is 0.103. The van der Waals surface area contributed by atoms with Gasteiger partial charge in [0.1, 0.15) is 5.75 Å². The molecule has 0 amide bonds. The van der Waals surface area contributed by atoms with Crippen molar-refractivity contribution in [2.24, 2.45) is 0 Å². The van der Waals surface area contributed by atoms with Gasteiger partial charge in [-0.3, -0.25) is 4.79 Å². The van der Waals surface area contributed by atoms with Crippen molar-refractivity contribution in [3.63, 3.8) is 0 Å². The largest absolute Gasteiger partial charge is 0.507 e. The molecule has 2 N–H and O–H groups in total. The second-order valence-electron chi connectivity index (χ2n) is 4.15. The fraction of sp³-hybridized carbons (Fsp3) is 0.133. The molecule has 2 aromatic rings. The Balaban J connectivity index is 2.56. The number of carbonyl (C=O) groups is 1. The third-order valence-electron chi connectivity index (χ3n) is 2.95. The first-order valence-corrected chi connectivity index (χ1v) is 5.75. The van der Waals surface area contributed by atoms with E-state index >= 15 is 0 Å². The first-order valence-electron chi connectivity index (χ1n) is 5.75. The summed E-state index contributed by atoms with van der Waals surface area (Å²) in [6.07, 6.45) is 0. The van der Waals surface area contributed by atoms with E-state index in [1.807, 2.05) is 0 Å². The van der Waals surface area contributed by atoms with Crippen LogP contribution in [0.1, 0.15) is 21.5 Å². The lowest BCUT2D eigenvalue weighted by atomic mass is 9.99. The van der Waals surface area contributed by atoms with E-state index in [0.717, 1.165) is 0 Å². The van der Waals surface area contributed by atoms with Gasteiger partial charge >= 0.3 is 0 Å². The molecule has 0 heterocycles. The summed E-state index contributed by atoms with van der Waals surface area (Å²) in [5.74, 6) is -0.526. The zero-order valence-electron chi connectivity index (χ0n) is 10.7. The molecule has 0 fully saturated rings. The molecule has 0 bridgehead atoms. The molecular formula is C15H14O4. The Bertz CT molecular complexity index is 618. The highest BCUT2D eigenvalue weighted by Gasteiger charge is 2.20. The van der Waals surface area contributed by atoms with Crippen LogP contribution in [0.25, 0.3) is 0 Å². The number of methoxy groups -OCH3 is 1. The topological polar surface area (TPSA) is 66.8 Å². The highest BCUT2D eigenvalue weighted by Crippen LogP contribution is 2.39. The van der Waals surface area contributed by atoms with Crippen molar-refractivity contribution >= 4 is 5.78 Å². The number of ether oxygens (including phenoxy) is 1. The summed E-state index contributed by atoms with van der Waals surface area (Å²) >= 11 is 0.